The van der Waals surface area contributed by atoms with E-state index in [9.17, 15) is 9.59 Å². The molecule has 1 saturated heterocycles. The molecule has 0 radical (unpaired) electrons. The van der Waals surface area contributed by atoms with Gasteiger partial charge in [-0.2, -0.15) is 5.10 Å². The van der Waals surface area contributed by atoms with Crippen LogP contribution in [0.5, 0.6) is 0 Å². The smallest absolute Gasteiger partial charge is 0.266 e. The lowest BCUT2D eigenvalue weighted by atomic mass is 9.94. The van der Waals surface area contributed by atoms with Gasteiger partial charge >= 0.3 is 0 Å². The highest BCUT2D eigenvalue weighted by molar-refractivity contribution is 7.98. The number of carbonyl (C=O) groups is 2. The third-order valence-electron chi connectivity index (χ3n) is 5.61. The van der Waals surface area contributed by atoms with Gasteiger partial charge in [0.1, 0.15) is 12.6 Å². The Balaban J connectivity index is 1.41. The summed E-state index contributed by atoms with van der Waals surface area (Å²) in [6, 6.07) is 15.5. The number of nitrogens with one attached hydrogen (secondary N) is 1. The number of fused-ring (bicyclic) bond motifs is 4. The summed E-state index contributed by atoms with van der Waals surface area (Å²) in [4.78, 5) is 32.1. The topological polar surface area (TPSA) is 68.8 Å². The van der Waals surface area contributed by atoms with Crippen molar-refractivity contribution in [3.05, 3.63) is 65.4 Å². The number of hydrogen-bond acceptors (Lipinski definition) is 4. The molecule has 146 valence electrons. The average molecular weight is 404 g/mol. The zero-order valence-corrected chi connectivity index (χ0v) is 16.8. The van der Waals surface area contributed by atoms with Crippen molar-refractivity contribution in [1.82, 2.24) is 14.9 Å². The highest BCUT2D eigenvalue weighted by Crippen LogP contribution is 2.32. The molecule has 3 aromatic rings. The first-order valence-corrected chi connectivity index (χ1v) is 10.7. The molecule has 1 aromatic heterocycles. The maximum atomic E-state index is 13.1. The van der Waals surface area contributed by atoms with Gasteiger partial charge < -0.3 is 9.88 Å². The van der Waals surface area contributed by atoms with Gasteiger partial charge in [-0.05, 0) is 35.6 Å². The highest BCUT2D eigenvalue weighted by Gasteiger charge is 2.43. The van der Waals surface area contributed by atoms with Gasteiger partial charge in [0, 0.05) is 27.9 Å². The number of aromatic nitrogens is 1. The predicted octanol–water partition coefficient (Wildman–Crippen LogP) is 3.02. The van der Waals surface area contributed by atoms with Gasteiger partial charge in [-0.3, -0.25) is 9.59 Å². The molecule has 0 spiro atoms. The van der Waals surface area contributed by atoms with Gasteiger partial charge in [-0.15, -0.1) is 11.8 Å². The number of para-hydroxylation sites is 1. The minimum atomic E-state index is -0.501. The first-order valence-electron chi connectivity index (χ1n) is 9.51. The fourth-order valence-electron chi connectivity index (χ4n) is 4.08. The molecular formula is C22H20N4O2S. The number of hydrazone groups is 1. The van der Waals surface area contributed by atoms with Crippen LogP contribution in [0.15, 0.2) is 58.5 Å². The molecule has 1 atom stereocenters. The van der Waals surface area contributed by atoms with Crippen LogP contribution in [0, 0.1) is 0 Å². The first kappa shape index (κ1) is 18.0. The van der Waals surface area contributed by atoms with Crippen LogP contribution in [0.1, 0.15) is 16.8 Å². The highest BCUT2D eigenvalue weighted by atomic mass is 32.2. The molecule has 1 N–H and O–H groups in total. The van der Waals surface area contributed by atoms with E-state index in [0.717, 1.165) is 27.7 Å². The summed E-state index contributed by atoms with van der Waals surface area (Å²) < 4.78 is 0. The lowest BCUT2D eigenvalue weighted by Crippen LogP contribution is -2.60. The number of benzene rings is 2. The number of nitrogens with zero attached hydrogens (tertiary/aromatic N) is 3. The zero-order valence-electron chi connectivity index (χ0n) is 16.0. The number of H-pyrrole nitrogens is 1. The number of aromatic amines is 1. The minimum Gasteiger partial charge on any atom is -0.357 e. The van der Waals surface area contributed by atoms with Gasteiger partial charge in [0.2, 0.25) is 5.91 Å². The molecule has 29 heavy (non-hydrogen) atoms. The van der Waals surface area contributed by atoms with Crippen molar-refractivity contribution in [2.24, 2.45) is 5.10 Å². The lowest BCUT2D eigenvalue weighted by Gasteiger charge is -2.40. The van der Waals surface area contributed by atoms with E-state index < -0.39 is 6.04 Å². The van der Waals surface area contributed by atoms with Crippen molar-refractivity contribution in [2.45, 2.75) is 23.9 Å². The van der Waals surface area contributed by atoms with Crippen LogP contribution in [-0.2, 0) is 22.6 Å². The molecule has 2 aliphatic rings. The molecular weight excluding hydrogens is 384 g/mol. The monoisotopic (exact) mass is 404 g/mol. The Hall–Kier alpha value is -3.06. The van der Waals surface area contributed by atoms with Crippen molar-refractivity contribution in [3.63, 3.8) is 0 Å². The van der Waals surface area contributed by atoms with Gasteiger partial charge in [0.05, 0.1) is 12.8 Å². The van der Waals surface area contributed by atoms with E-state index in [1.165, 1.54) is 9.90 Å². The summed E-state index contributed by atoms with van der Waals surface area (Å²) in [6.45, 7) is 0.414. The third-order valence-corrected chi connectivity index (χ3v) is 6.35. The fraction of sp³-hybridized carbons (Fsp3) is 0.227. The Kier molecular flexibility index (Phi) is 4.39. The van der Waals surface area contributed by atoms with Crippen LogP contribution in [-0.4, -0.2) is 51.8 Å². The Morgan fingerprint density at radius 2 is 1.90 bits per heavy atom. The number of amides is 2. The lowest BCUT2D eigenvalue weighted by molar-refractivity contribution is -0.157. The molecule has 2 aliphatic heterocycles. The fourth-order valence-corrected chi connectivity index (χ4v) is 4.49. The Morgan fingerprint density at radius 1 is 1.10 bits per heavy atom. The van der Waals surface area contributed by atoms with Crippen molar-refractivity contribution in [3.8, 4) is 0 Å². The molecule has 2 amide bonds. The zero-order chi connectivity index (χ0) is 20.0. The second-order valence-electron chi connectivity index (χ2n) is 7.28. The van der Waals surface area contributed by atoms with E-state index in [2.05, 4.69) is 16.2 Å². The summed E-state index contributed by atoms with van der Waals surface area (Å²) in [5, 5.41) is 6.77. The molecule has 2 aromatic carbocycles. The maximum absolute atomic E-state index is 13.1. The van der Waals surface area contributed by atoms with E-state index in [-0.39, 0.29) is 18.4 Å². The van der Waals surface area contributed by atoms with E-state index in [0.29, 0.717) is 13.0 Å². The second-order valence-corrected chi connectivity index (χ2v) is 8.16. The number of piperazine rings is 1. The second kappa shape index (κ2) is 7.08. The average Bonchev–Trinajstić information content (AvgIpc) is 3.12. The molecule has 3 heterocycles. The Morgan fingerprint density at radius 3 is 2.69 bits per heavy atom. The van der Waals surface area contributed by atoms with Gasteiger partial charge in [0.25, 0.3) is 5.91 Å². The molecule has 0 bridgehead atoms. The van der Waals surface area contributed by atoms with Crippen molar-refractivity contribution >= 4 is 40.7 Å². The number of thioether (sulfide) groups is 1. The van der Waals surface area contributed by atoms with Crippen molar-refractivity contribution < 1.29 is 9.59 Å². The Bertz CT molecular complexity index is 1140. The molecule has 7 heteroatoms. The summed E-state index contributed by atoms with van der Waals surface area (Å²) in [5.41, 5.74) is 4.09. The van der Waals surface area contributed by atoms with E-state index in [4.69, 9.17) is 0 Å². The summed E-state index contributed by atoms with van der Waals surface area (Å²) in [7, 11) is 0. The third kappa shape index (κ3) is 3.11. The van der Waals surface area contributed by atoms with E-state index in [1.54, 1.807) is 22.9 Å². The van der Waals surface area contributed by atoms with Crippen LogP contribution in [0.4, 0.5) is 0 Å². The molecule has 5 rings (SSSR count). The number of rotatable bonds is 3. The van der Waals surface area contributed by atoms with E-state index in [1.807, 2.05) is 48.7 Å². The molecule has 0 aliphatic carbocycles. The van der Waals surface area contributed by atoms with Crippen LogP contribution in [0.2, 0.25) is 0 Å². The summed E-state index contributed by atoms with van der Waals surface area (Å²) in [6.07, 6.45) is 4.18. The predicted molar refractivity (Wildman–Crippen MR) is 114 cm³/mol. The Labute approximate surface area is 172 Å². The van der Waals surface area contributed by atoms with E-state index >= 15 is 0 Å². The van der Waals surface area contributed by atoms with Crippen LogP contribution in [0.3, 0.4) is 0 Å². The summed E-state index contributed by atoms with van der Waals surface area (Å²) in [5.74, 6) is -0.202. The molecule has 1 unspecified atom stereocenters. The number of hydrogen-bond donors (Lipinski definition) is 1. The SMILES string of the molecule is CSc1ccc(C=NN2CC(=O)N3Cc4[nH]c5ccccc5c4CC3C2=O)cc1. The van der Waals surface area contributed by atoms with Crippen molar-refractivity contribution in [1.29, 1.82) is 0 Å². The van der Waals surface area contributed by atoms with Crippen molar-refractivity contribution in [2.75, 3.05) is 12.8 Å². The first-order chi connectivity index (χ1) is 14.1. The van der Waals surface area contributed by atoms with Crippen LogP contribution >= 0.6 is 11.8 Å². The number of carbonyl (C=O) groups excluding carboxylic acids is 2. The minimum absolute atomic E-state index is 0.0235. The van der Waals surface area contributed by atoms with Crippen LogP contribution < -0.4 is 0 Å². The van der Waals surface area contributed by atoms with Gasteiger partial charge in [-0.1, -0.05) is 30.3 Å². The van der Waals surface area contributed by atoms with Crippen LogP contribution in [0.25, 0.3) is 10.9 Å². The van der Waals surface area contributed by atoms with Gasteiger partial charge in [0.15, 0.2) is 0 Å². The largest absolute Gasteiger partial charge is 0.357 e. The normalized spacial score (nSPS) is 19.1. The molecule has 6 nitrogen and oxygen atoms in total. The standard InChI is InChI=1S/C22H20N4O2S/c1-29-15-8-6-14(7-9-15)11-23-26-13-21(27)25-12-19-17(10-20(25)22(26)28)16-4-2-3-5-18(16)24-19/h2-9,11,20,24H,10,12-13H2,1H3. The molecule has 0 saturated carbocycles. The molecule has 1 fully saturated rings. The quantitative estimate of drug-likeness (QED) is 0.539. The summed E-state index contributed by atoms with van der Waals surface area (Å²) >= 11 is 1.67. The van der Waals surface area contributed by atoms with Gasteiger partial charge in [-0.25, -0.2) is 5.01 Å². The maximum Gasteiger partial charge on any atom is 0.266 e.